The molecule has 0 N–H and O–H groups in total. The lowest BCUT2D eigenvalue weighted by molar-refractivity contribution is 0.0613. The van der Waals surface area contributed by atoms with Crippen LogP contribution in [-0.4, -0.2) is 37.6 Å². The average Bonchev–Trinajstić information content (AvgIpc) is 2.88. The molecule has 3 rings (SSSR count). The van der Waals surface area contributed by atoms with Crippen molar-refractivity contribution in [2.24, 2.45) is 0 Å². The maximum absolute atomic E-state index is 12.7. The number of likely N-dealkylation sites (tertiary alicyclic amines) is 1. The Hall–Kier alpha value is -0.880. The Bertz CT molecular complexity index is 648. The first kappa shape index (κ1) is 15.0. The van der Waals surface area contributed by atoms with Crippen LogP contribution in [0.4, 0.5) is 0 Å². The highest BCUT2D eigenvalue weighted by molar-refractivity contribution is 7.90. The Balaban J connectivity index is 1.84. The van der Waals surface area contributed by atoms with Crippen molar-refractivity contribution in [3.63, 3.8) is 0 Å². The van der Waals surface area contributed by atoms with Gasteiger partial charge >= 0.3 is 0 Å². The highest BCUT2D eigenvalue weighted by Crippen LogP contribution is 2.31. The molecule has 4 nitrogen and oxygen atoms in total. The van der Waals surface area contributed by atoms with Crippen LogP contribution >= 0.6 is 11.3 Å². The van der Waals surface area contributed by atoms with Crippen molar-refractivity contribution in [3.05, 3.63) is 21.4 Å². The minimum atomic E-state index is -2.97. The molecule has 1 fully saturated rings. The summed E-state index contributed by atoms with van der Waals surface area (Å²) in [5, 5.41) is 0. The topological polar surface area (TPSA) is 54.5 Å². The molecule has 6 heteroatoms. The number of thiophene rings is 1. The first-order valence-electron chi connectivity index (χ1n) is 7.63. The smallest absolute Gasteiger partial charge is 0.264 e. The van der Waals surface area contributed by atoms with Crippen LogP contribution in [-0.2, 0) is 22.0 Å². The summed E-state index contributed by atoms with van der Waals surface area (Å²) in [5.41, 5.74) is 0.847. The Kier molecular flexibility index (Phi) is 4.10. The highest BCUT2D eigenvalue weighted by Gasteiger charge is 2.30. The number of nitrogens with zero attached hydrogens (tertiary/aromatic N) is 1. The quantitative estimate of drug-likeness (QED) is 0.839. The third-order valence-electron chi connectivity index (χ3n) is 4.48. The number of sulfone groups is 1. The minimum Gasteiger partial charge on any atom is -0.335 e. The van der Waals surface area contributed by atoms with Gasteiger partial charge in [0, 0.05) is 17.5 Å². The zero-order valence-corrected chi connectivity index (χ0v) is 13.9. The molecule has 1 aromatic heterocycles. The van der Waals surface area contributed by atoms with E-state index in [1.54, 1.807) is 0 Å². The summed E-state index contributed by atoms with van der Waals surface area (Å²) < 4.78 is 23.4. The number of amides is 1. The van der Waals surface area contributed by atoms with Crippen molar-refractivity contribution >= 4 is 27.1 Å². The van der Waals surface area contributed by atoms with E-state index in [0.29, 0.717) is 12.5 Å². The molecule has 0 aliphatic carbocycles. The van der Waals surface area contributed by atoms with Gasteiger partial charge < -0.3 is 4.90 Å². The molecule has 0 saturated carbocycles. The summed E-state index contributed by atoms with van der Waals surface area (Å²) in [4.78, 5) is 16.5. The number of hydrogen-bond donors (Lipinski definition) is 0. The van der Waals surface area contributed by atoms with Crippen LogP contribution in [0.2, 0.25) is 0 Å². The lowest BCUT2D eigenvalue weighted by atomic mass is 10.00. The highest BCUT2D eigenvalue weighted by atomic mass is 32.2. The van der Waals surface area contributed by atoms with E-state index in [0.717, 1.165) is 41.1 Å². The predicted molar refractivity (Wildman–Crippen MR) is 84.5 cm³/mol. The molecule has 0 aromatic carbocycles. The van der Waals surface area contributed by atoms with Gasteiger partial charge in [-0.3, -0.25) is 4.79 Å². The van der Waals surface area contributed by atoms with E-state index in [9.17, 15) is 13.2 Å². The Morgan fingerprint density at radius 2 is 2.24 bits per heavy atom. The fraction of sp³-hybridized carbons (Fsp3) is 0.667. The third kappa shape index (κ3) is 3.01. The second-order valence-corrected chi connectivity index (χ2v) is 9.28. The fourth-order valence-electron chi connectivity index (χ4n) is 3.30. The van der Waals surface area contributed by atoms with Crippen LogP contribution in [0.1, 0.15) is 52.7 Å². The van der Waals surface area contributed by atoms with Crippen molar-refractivity contribution in [1.82, 2.24) is 4.90 Å². The van der Waals surface area contributed by atoms with Gasteiger partial charge in [-0.2, -0.15) is 0 Å². The van der Waals surface area contributed by atoms with E-state index in [4.69, 9.17) is 0 Å². The zero-order valence-electron chi connectivity index (χ0n) is 12.3. The lowest BCUT2D eigenvalue weighted by Gasteiger charge is -2.35. The Labute approximate surface area is 130 Å². The number of rotatable bonds is 2. The Morgan fingerprint density at radius 1 is 1.43 bits per heavy atom. The van der Waals surface area contributed by atoms with Gasteiger partial charge in [0.05, 0.1) is 16.4 Å². The van der Waals surface area contributed by atoms with Crippen molar-refractivity contribution in [2.45, 2.75) is 50.8 Å². The standard InChI is InChI=1S/C15H21NO3S2/c1-2-12-5-3-4-7-16(12)15(17)14-9-11-10-21(18,19)8-6-13(11)20-14/h9,12H,2-8,10H2,1H3/t12-/m1/s1. The van der Waals surface area contributed by atoms with Crippen LogP contribution in [0.15, 0.2) is 6.07 Å². The molecule has 1 amide bonds. The van der Waals surface area contributed by atoms with Crippen molar-refractivity contribution in [1.29, 1.82) is 0 Å². The normalized spacial score (nSPS) is 24.6. The number of carbonyl (C=O) groups excluding carboxylic acids is 1. The summed E-state index contributed by atoms with van der Waals surface area (Å²) in [6.45, 7) is 2.96. The van der Waals surface area contributed by atoms with E-state index in [1.807, 2.05) is 11.0 Å². The van der Waals surface area contributed by atoms with Crippen LogP contribution in [0.25, 0.3) is 0 Å². The predicted octanol–water partition coefficient (Wildman–Crippen LogP) is 2.62. The van der Waals surface area contributed by atoms with Gasteiger partial charge in [-0.1, -0.05) is 6.92 Å². The summed E-state index contributed by atoms with van der Waals surface area (Å²) in [6.07, 6.45) is 4.91. The Morgan fingerprint density at radius 3 is 3.00 bits per heavy atom. The molecule has 1 aromatic rings. The minimum absolute atomic E-state index is 0.0957. The number of aryl methyl sites for hydroxylation is 1. The lowest BCUT2D eigenvalue weighted by Crippen LogP contribution is -2.43. The number of fused-ring (bicyclic) bond motifs is 1. The van der Waals surface area contributed by atoms with Gasteiger partial charge in [-0.05, 0) is 43.7 Å². The summed E-state index contributed by atoms with van der Waals surface area (Å²) in [6, 6.07) is 2.16. The van der Waals surface area contributed by atoms with E-state index >= 15 is 0 Å². The number of piperidine rings is 1. The second-order valence-electron chi connectivity index (χ2n) is 5.96. The maximum Gasteiger partial charge on any atom is 0.264 e. The molecule has 0 bridgehead atoms. The molecule has 2 aliphatic rings. The van der Waals surface area contributed by atoms with E-state index in [2.05, 4.69) is 6.92 Å². The molecule has 0 radical (unpaired) electrons. The van der Waals surface area contributed by atoms with Crippen LogP contribution < -0.4 is 0 Å². The molecule has 1 saturated heterocycles. The van der Waals surface area contributed by atoms with Gasteiger partial charge in [0.15, 0.2) is 9.84 Å². The van der Waals surface area contributed by atoms with Crippen molar-refractivity contribution in [3.8, 4) is 0 Å². The molecule has 3 heterocycles. The van der Waals surface area contributed by atoms with Crippen LogP contribution in [0, 0.1) is 0 Å². The third-order valence-corrected chi connectivity index (χ3v) is 7.28. The zero-order chi connectivity index (χ0) is 15.0. The van der Waals surface area contributed by atoms with Crippen molar-refractivity contribution in [2.75, 3.05) is 12.3 Å². The van der Waals surface area contributed by atoms with Crippen molar-refractivity contribution < 1.29 is 13.2 Å². The van der Waals surface area contributed by atoms with Crippen LogP contribution in [0.5, 0.6) is 0 Å². The molecule has 2 aliphatic heterocycles. The van der Waals surface area contributed by atoms with E-state index in [1.165, 1.54) is 17.8 Å². The molecule has 1 atom stereocenters. The molecule has 0 unspecified atom stereocenters. The van der Waals surface area contributed by atoms with E-state index in [-0.39, 0.29) is 17.4 Å². The number of hydrogen-bond acceptors (Lipinski definition) is 4. The summed E-state index contributed by atoms with van der Waals surface area (Å²) in [5.74, 6) is 0.414. The molecular formula is C15H21NO3S2. The number of carbonyl (C=O) groups is 1. The SMILES string of the molecule is CC[C@@H]1CCCCN1C(=O)c1cc2c(s1)CCS(=O)(=O)C2. The molecule has 0 spiro atoms. The van der Waals surface area contributed by atoms with Crippen LogP contribution in [0.3, 0.4) is 0 Å². The van der Waals surface area contributed by atoms with Gasteiger partial charge in [-0.15, -0.1) is 11.3 Å². The summed E-state index contributed by atoms with van der Waals surface area (Å²) in [7, 11) is -2.97. The second kappa shape index (κ2) is 5.72. The van der Waals surface area contributed by atoms with Gasteiger partial charge in [0.1, 0.15) is 0 Å². The first-order valence-corrected chi connectivity index (χ1v) is 10.3. The monoisotopic (exact) mass is 327 g/mol. The summed E-state index contributed by atoms with van der Waals surface area (Å²) >= 11 is 1.49. The molecule has 116 valence electrons. The largest absolute Gasteiger partial charge is 0.335 e. The molecule has 21 heavy (non-hydrogen) atoms. The van der Waals surface area contributed by atoms with Gasteiger partial charge in [-0.25, -0.2) is 8.42 Å². The molecular weight excluding hydrogens is 306 g/mol. The van der Waals surface area contributed by atoms with Gasteiger partial charge in [0.2, 0.25) is 0 Å². The first-order chi connectivity index (χ1) is 10.00. The average molecular weight is 327 g/mol. The maximum atomic E-state index is 12.7. The van der Waals surface area contributed by atoms with Gasteiger partial charge in [0.25, 0.3) is 5.91 Å². The fourth-order valence-corrected chi connectivity index (χ4v) is 6.05. The van der Waals surface area contributed by atoms with E-state index < -0.39 is 9.84 Å².